The zero-order valence-corrected chi connectivity index (χ0v) is 12.3. The first-order valence-electron chi connectivity index (χ1n) is 5.87. The van der Waals surface area contributed by atoms with Crippen molar-refractivity contribution in [2.24, 2.45) is 0 Å². The molecule has 0 saturated carbocycles. The fourth-order valence-corrected chi connectivity index (χ4v) is 3.00. The molecule has 1 rings (SSSR count). The Bertz CT molecular complexity index is 620. The quantitative estimate of drug-likeness (QED) is 0.776. The molecule has 20 heavy (non-hydrogen) atoms. The van der Waals surface area contributed by atoms with E-state index in [1.807, 2.05) is 0 Å². The van der Waals surface area contributed by atoms with E-state index in [4.69, 9.17) is 9.84 Å². The number of carboxylic acid groups (broad SMARTS) is 1. The van der Waals surface area contributed by atoms with Gasteiger partial charge in [-0.1, -0.05) is 6.07 Å². The summed E-state index contributed by atoms with van der Waals surface area (Å²) in [7, 11) is -2.35. The summed E-state index contributed by atoms with van der Waals surface area (Å²) in [6, 6.07) is 4.16. The van der Waals surface area contributed by atoms with Gasteiger partial charge in [-0.05, 0) is 37.6 Å². The van der Waals surface area contributed by atoms with Gasteiger partial charge in [0.15, 0.2) is 0 Å². The van der Waals surface area contributed by atoms with Gasteiger partial charge in [-0.3, -0.25) is 0 Å². The first-order valence-corrected chi connectivity index (χ1v) is 7.36. The number of nitrogens with one attached hydrogen (secondary N) is 1. The van der Waals surface area contributed by atoms with Crippen LogP contribution in [0.3, 0.4) is 0 Å². The average molecular weight is 299 g/mol. The fourth-order valence-electron chi connectivity index (χ4n) is 1.55. The molecule has 6 nitrogen and oxygen atoms in total. The monoisotopic (exact) mass is 299 g/mol. The standard InChI is InChI=1S/C13H17NO5S/c1-9(2)14-20(17,18)12-8-10(5-7-13(15)16)4-6-11(12)19-3/h4-9,14H,1-3H3,(H,15,16)/b7-5-. The second kappa shape index (κ2) is 6.53. The summed E-state index contributed by atoms with van der Waals surface area (Å²) in [4.78, 5) is 10.5. The van der Waals surface area contributed by atoms with Crippen molar-refractivity contribution in [2.75, 3.05) is 7.11 Å². The molecule has 0 fully saturated rings. The second-order valence-electron chi connectivity index (χ2n) is 4.36. The Morgan fingerprint density at radius 3 is 2.55 bits per heavy atom. The van der Waals surface area contributed by atoms with Crippen molar-refractivity contribution in [1.29, 1.82) is 0 Å². The van der Waals surface area contributed by atoms with Gasteiger partial charge in [0.25, 0.3) is 0 Å². The lowest BCUT2D eigenvalue weighted by atomic mass is 10.2. The Morgan fingerprint density at radius 2 is 2.05 bits per heavy atom. The van der Waals surface area contributed by atoms with E-state index < -0.39 is 16.0 Å². The molecule has 7 heteroatoms. The highest BCUT2D eigenvalue weighted by molar-refractivity contribution is 7.89. The molecule has 1 aromatic carbocycles. The molecule has 0 spiro atoms. The van der Waals surface area contributed by atoms with Crippen LogP contribution in [0.25, 0.3) is 6.08 Å². The van der Waals surface area contributed by atoms with Crippen LogP contribution >= 0.6 is 0 Å². The van der Waals surface area contributed by atoms with Gasteiger partial charge < -0.3 is 9.84 Å². The summed E-state index contributed by atoms with van der Waals surface area (Å²) in [6.07, 6.45) is 2.25. The van der Waals surface area contributed by atoms with E-state index in [0.717, 1.165) is 6.08 Å². The van der Waals surface area contributed by atoms with Gasteiger partial charge >= 0.3 is 5.97 Å². The number of ether oxygens (including phenoxy) is 1. The molecule has 0 heterocycles. The van der Waals surface area contributed by atoms with E-state index in [0.29, 0.717) is 5.56 Å². The lowest BCUT2D eigenvalue weighted by Gasteiger charge is -2.13. The van der Waals surface area contributed by atoms with E-state index in [1.54, 1.807) is 19.9 Å². The number of hydrogen-bond acceptors (Lipinski definition) is 4. The number of hydrogen-bond donors (Lipinski definition) is 2. The first-order chi connectivity index (χ1) is 9.26. The molecule has 0 unspecified atom stereocenters. The van der Waals surface area contributed by atoms with Gasteiger partial charge in [-0.25, -0.2) is 17.9 Å². The molecular formula is C13H17NO5S. The third-order valence-corrected chi connectivity index (χ3v) is 3.97. The van der Waals surface area contributed by atoms with E-state index in [-0.39, 0.29) is 16.7 Å². The Kier molecular flexibility index (Phi) is 5.29. The minimum Gasteiger partial charge on any atom is -0.495 e. The maximum atomic E-state index is 12.2. The minimum atomic E-state index is -3.72. The number of methoxy groups -OCH3 is 1. The Balaban J connectivity index is 3.29. The van der Waals surface area contributed by atoms with Crippen LogP contribution in [0.1, 0.15) is 19.4 Å². The lowest BCUT2D eigenvalue weighted by molar-refractivity contribution is -0.131. The predicted molar refractivity (Wildman–Crippen MR) is 75.1 cm³/mol. The Hall–Kier alpha value is -1.86. The number of carbonyl (C=O) groups is 1. The third kappa shape index (κ3) is 4.36. The van der Waals surface area contributed by atoms with E-state index in [2.05, 4.69) is 4.72 Å². The summed E-state index contributed by atoms with van der Waals surface area (Å²) in [5.74, 6) is -0.906. The summed E-state index contributed by atoms with van der Waals surface area (Å²) in [5, 5.41) is 8.58. The van der Waals surface area contributed by atoms with Crippen LogP contribution in [0.15, 0.2) is 29.2 Å². The van der Waals surface area contributed by atoms with Crippen molar-refractivity contribution in [1.82, 2.24) is 4.72 Å². The summed E-state index contributed by atoms with van der Waals surface area (Å²) < 4.78 is 31.9. The normalized spacial score (nSPS) is 12.0. The minimum absolute atomic E-state index is 0.0266. The molecule has 0 atom stereocenters. The van der Waals surface area contributed by atoms with Crippen LogP contribution in [0.4, 0.5) is 0 Å². The average Bonchev–Trinajstić information content (AvgIpc) is 2.34. The van der Waals surface area contributed by atoms with E-state index in [1.165, 1.54) is 25.3 Å². The van der Waals surface area contributed by atoms with Crippen LogP contribution in [0.5, 0.6) is 5.75 Å². The maximum Gasteiger partial charge on any atom is 0.328 e. The summed E-state index contributed by atoms with van der Waals surface area (Å²) in [6.45, 7) is 3.41. The smallest absolute Gasteiger partial charge is 0.328 e. The molecule has 0 aliphatic heterocycles. The van der Waals surface area contributed by atoms with Gasteiger partial charge in [-0.2, -0.15) is 0 Å². The van der Waals surface area contributed by atoms with Gasteiger partial charge in [-0.15, -0.1) is 0 Å². The zero-order chi connectivity index (χ0) is 15.3. The SMILES string of the molecule is COc1ccc(/C=C\C(=O)O)cc1S(=O)(=O)NC(C)C. The van der Waals surface area contributed by atoms with Gasteiger partial charge in [0, 0.05) is 12.1 Å². The molecule has 0 amide bonds. The van der Waals surface area contributed by atoms with Gasteiger partial charge in [0.1, 0.15) is 10.6 Å². The summed E-state index contributed by atoms with van der Waals surface area (Å²) >= 11 is 0. The van der Waals surface area contributed by atoms with E-state index in [9.17, 15) is 13.2 Å². The Labute approximate surface area is 118 Å². The van der Waals surface area contributed by atoms with Crippen LogP contribution in [-0.2, 0) is 14.8 Å². The summed E-state index contributed by atoms with van der Waals surface area (Å²) in [5.41, 5.74) is 0.456. The molecule has 2 N–H and O–H groups in total. The number of benzene rings is 1. The number of sulfonamides is 1. The molecule has 0 aromatic heterocycles. The number of carboxylic acids is 1. The number of rotatable bonds is 6. The topological polar surface area (TPSA) is 92.7 Å². The molecule has 0 saturated heterocycles. The van der Waals surface area contributed by atoms with Crippen LogP contribution < -0.4 is 9.46 Å². The second-order valence-corrected chi connectivity index (χ2v) is 6.04. The first kappa shape index (κ1) is 16.2. The van der Waals surface area contributed by atoms with Crippen LogP contribution in [-0.4, -0.2) is 32.6 Å². The molecule has 110 valence electrons. The molecule has 0 radical (unpaired) electrons. The van der Waals surface area contributed by atoms with Gasteiger partial charge in [0.05, 0.1) is 7.11 Å². The van der Waals surface area contributed by atoms with Crippen molar-refractivity contribution in [3.05, 3.63) is 29.8 Å². The zero-order valence-electron chi connectivity index (χ0n) is 11.5. The largest absolute Gasteiger partial charge is 0.495 e. The maximum absolute atomic E-state index is 12.2. The van der Waals surface area contributed by atoms with Crippen molar-refractivity contribution in [3.63, 3.8) is 0 Å². The molecule has 0 aliphatic rings. The van der Waals surface area contributed by atoms with Crippen molar-refractivity contribution in [2.45, 2.75) is 24.8 Å². The number of aliphatic carboxylic acids is 1. The molecule has 0 bridgehead atoms. The van der Waals surface area contributed by atoms with Crippen molar-refractivity contribution in [3.8, 4) is 5.75 Å². The highest BCUT2D eigenvalue weighted by atomic mass is 32.2. The highest BCUT2D eigenvalue weighted by Crippen LogP contribution is 2.25. The molecule has 0 aliphatic carbocycles. The fraction of sp³-hybridized carbons (Fsp3) is 0.308. The molecule has 1 aromatic rings. The van der Waals surface area contributed by atoms with Crippen molar-refractivity contribution < 1.29 is 23.1 Å². The van der Waals surface area contributed by atoms with Crippen LogP contribution in [0, 0.1) is 0 Å². The Morgan fingerprint density at radius 1 is 1.40 bits per heavy atom. The predicted octanol–water partition coefficient (Wildman–Crippen LogP) is 1.48. The van der Waals surface area contributed by atoms with E-state index >= 15 is 0 Å². The van der Waals surface area contributed by atoms with Gasteiger partial charge in [0.2, 0.25) is 10.0 Å². The lowest BCUT2D eigenvalue weighted by Crippen LogP contribution is -2.30. The van der Waals surface area contributed by atoms with Crippen LogP contribution in [0.2, 0.25) is 0 Å². The third-order valence-electron chi connectivity index (χ3n) is 2.29. The van der Waals surface area contributed by atoms with Crippen molar-refractivity contribution >= 4 is 22.1 Å². The molecular weight excluding hydrogens is 282 g/mol. The highest BCUT2D eigenvalue weighted by Gasteiger charge is 2.20.